The lowest BCUT2D eigenvalue weighted by molar-refractivity contribution is 0.333. The third kappa shape index (κ3) is 3.07. The van der Waals surface area contributed by atoms with Gasteiger partial charge in [-0.2, -0.15) is 0 Å². The summed E-state index contributed by atoms with van der Waals surface area (Å²) in [6.45, 7) is 7.70. The maximum atomic E-state index is 6.42. The van der Waals surface area contributed by atoms with Crippen LogP contribution in [-0.2, 0) is 5.41 Å². The zero-order valence-electron chi connectivity index (χ0n) is 11.7. The van der Waals surface area contributed by atoms with Crippen molar-refractivity contribution in [2.24, 2.45) is 0 Å². The molecule has 1 fully saturated rings. The van der Waals surface area contributed by atoms with Gasteiger partial charge < -0.3 is 5.32 Å². The Labute approximate surface area is 116 Å². The van der Waals surface area contributed by atoms with Gasteiger partial charge in [-0.05, 0) is 45.2 Å². The molecule has 0 heterocycles. The van der Waals surface area contributed by atoms with Gasteiger partial charge in [-0.15, -0.1) is 0 Å². The van der Waals surface area contributed by atoms with E-state index in [0.29, 0.717) is 0 Å². The van der Waals surface area contributed by atoms with Crippen molar-refractivity contribution >= 4 is 11.6 Å². The molecule has 0 aliphatic heterocycles. The lowest BCUT2D eigenvalue weighted by Gasteiger charge is -2.34. The Bertz CT molecular complexity index is 400. The summed E-state index contributed by atoms with van der Waals surface area (Å²) in [7, 11) is 0. The number of benzene rings is 1. The van der Waals surface area contributed by atoms with Gasteiger partial charge in [0.25, 0.3) is 0 Å². The van der Waals surface area contributed by atoms with Crippen LogP contribution in [-0.4, -0.2) is 12.1 Å². The van der Waals surface area contributed by atoms with E-state index in [1.807, 2.05) is 12.1 Å². The number of hydrogen-bond acceptors (Lipinski definition) is 1. The van der Waals surface area contributed by atoms with Crippen molar-refractivity contribution in [2.75, 3.05) is 6.54 Å². The summed E-state index contributed by atoms with van der Waals surface area (Å²) in [5, 5.41) is 4.60. The van der Waals surface area contributed by atoms with Crippen molar-refractivity contribution in [2.45, 2.75) is 57.4 Å². The molecule has 18 heavy (non-hydrogen) atoms. The molecule has 0 bridgehead atoms. The van der Waals surface area contributed by atoms with Crippen molar-refractivity contribution in [1.82, 2.24) is 5.32 Å². The van der Waals surface area contributed by atoms with Crippen LogP contribution in [0.25, 0.3) is 0 Å². The normalized spacial score (nSPS) is 19.1. The molecule has 1 aliphatic carbocycles. The smallest absolute Gasteiger partial charge is 0.0444 e. The van der Waals surface area contributed by atoms with E-state index in [0.717, 1.165) is 11.6 Å². The van der Waals surface area contributed by atoms with Gasteiger partial charge in [0.05, 0.1) is 0 Å². The summed E-state index contributed by atoms with van der Waals surface area (Å²) >= 11 is 6.42. The van der Waals surface area contributed by atoms with E-state index in [9.17, 15) is 0 Å². The molecule has 0 saturated heterocycles. The van der Waals surface area contributed by atoms with E-state index in [1.165, 1.54) is 31.2 Å². The first kappa shape index (κ1) is 13.9. The van der Waals surface area contributed by atoms with Crippen LogP contribution < -0.4 is 5.32 Å². The van der Waals surface area contributed by atoms with Gasteiger partial charge in [-0.1, -0.05) is 42.6 Å². The first-order chi connectivity index (χ1) is 8.43. The Morgan fingerprint density at radius 2 is 1.78 bits per heavy atom. The summed E-state index contributed by atoms with van der Waals surface area (Å²) in [5.41, 5.74) is 1.74. The van der Waals surface area contributed by atoms with Crippen LogP contribution in [0.4, 0.5) is 0 Å². The SMILES string of the molecule is CC(C)(C)NCC1(c2ccccc2Cl)CCCC1. The summed E-state index contributed by atoms with van der Waals surface area (Å²) in [6, 6.07) is 8.36. The van der Waals surface area contributed by atoms with Gasteiger partial charge in [-0.25, -0.2) is 0 Å². The molecule has 1 aromatic rings. The van der Waals surface area contributed by atoms with Gasteiger partial charge in [0.2, 0.25) is 0 Å². The van der Waals surface area contributed by atoms with Crippen LogP contribution in [0.15, 0.2) is 24.3 Å². The molecule has 0 amide bonds. The maximum absolute atomic E-state index is 6.42. The van der Waals surface area contributed by atoms with Crippen LogP contribution in [0.5, 0.6) is 0 Å². The van der Waals surface area contributed by atoms with Crippen molar-refractivity contribution in [3.8, 4) is 0 Å². The van der Waals surface area contributed by atoms with Crippen molar-refractivity contribution < 1.29 is 0 Å². The quantitative estimate of drug-likeness (QED) is 0.846. The summed E-state index contributed by atoms with van der Waals surface area (Å²) in [5.74, 6) is 0. The fourth-order valence-corrected chi connectivity index (χ4v) is 3.25. The lowest BCUT2D eigenvalue weighted by atomic mass is 9.78. The molecule has 0 radical (unpaired) electrons. The average Bonchev–Trinajstić information content (AvgIpc) is 2.76. The van der Waals surface area contributed by atoms with E-state index in [4.69, 9.17) is 11.6 Å². The Morgan fingerprint density at radius 1 is 1.17 bits per heavy atom. The Hall–Kier alpha value is -0.530. The highest BCUT2D eigenvalue weighted by Gasteiger charge is 2.37. The van der Waals surface area contributed by atoms with Gasteiger partial charge in [0.15, 0.2) is 0 Å². The molecule has 2 rings (SSSR count). The summed E-state index contributed by atoms with van der Waals surface area (Å²) in [4.78, 5) is 0. The molecule has 1 N–H and O–H groups in total. The predicted octanol–water partition coefficient (Wildman–Crippen LogP) is 4.54. The maximum Gasteiger partial charge on any atom is 0.0444 e. The first-order valence-corrected chi connectivity index (χ1v) is 7.31. The topological polar surface area (TPSA) is 12.0 Å². The van der Waals surface area contributed by atoms with Crippen LogP contribution in [0, 0.1) is 0 Å². The largest absolute Gasteiger partial charge is 0.311 e. The Kier molecular flexibility index (Phi) is 4.03. The van der Waals surface area contributed by atoms with Crippen LogP contribution in [0.2, 0.25) is 5.02 Å². The first-order valence-electron chi connectivity index (χ1n) is 6.93. The second kappa shape index (κ2) is 5.22. The van der Waals surface area contributed by atoms with E-state index < -0.39 is 0 Å². The molecular formula is C16H24ClN. The molecular weight excluding hydrogens is 242 g/mol. The molecule has 0 atom stereocenters. The van der Waals surface area contributed by atoms with Crippen LogP contribution in [0.1, 0.15) is 52.0 Å². The van der Waals surface area contributed by atoms with Crippen molar-refractivity contribution in [1.29, 1.82) is 0 Å². The fraction of sp³-hybridized carbons (Fsp3) is 0.625. The Balaban J connectivity index is 2.25. The minimum Gasteiger partial charge on any atom is -0.311 e. The second-order valence-electron chi connectivity index (χ2n) is 6.57. The van der Waals surface area contributed by atoms with Crippen molar-refractivity contribution in [3.05, 3.63) is 34.9 Å². The zero-order chi connectivity index (χ0) is 13.2. The van der Waals surface area contributed by atoms with Crippen LogP contribution >= 0.6 is 11.6 Å². The zero-order valence-corrected chi connectivity index (χ0v) is 12.5. The van der Waals surface area contributed by atoms with Gasteiger partial charge in [0.1, 0.15) is 0 Å². The van der Waals surface area contributed by atoms with E-state index in [-0.39, 0.29) is 11.0 Å². The monoisotopic (exact) mass is 265 g/mol. The minimum atomic E-state index is 0.164. The van der Waals surface area contributed by atoms with E-state index in [2.05, 4.69) is 38.2 Å². The number of nitrogens with one attached hydrogen (secondary N) is 1. The molecule has 1 aliphatic rings. The van der Waals surface area contributed by atoms with E-state index in [1.54, 1.807) is 0 Å². The average molecular weight is 266 g/mol. The highest BCUT2D eigenvalue weighted by atomic mass is 35.5. The molecule has 1 nitrogen and oxygen atoms in total. The van der Waals surface area contributed by atoms with Crippen molar-refractivity contribution in [3.63, 3.8) is 0 Å². The molecule has 1 saturated carbocycles. The molecule has 0 aromatic heterocycles. The second-order valence-corrected chi connectivity index (χ2v) is 6.98. The van der Waals surface area contributed by atoms with Crippen LogP contribution in [0.3, 0.4) is 0 Å². The summed E-state index contributed by atoms with van der Waals surface area (Å²) < 4.78 is 0. The number of halogens is 1. The third-order valence-electron chi connectivity index (χ3n) is 3.96. The van der Waals surface area contributed by atoms with E-state index >= 15 is 0 Å². The fourth-order valence-electron chi connectivity index (χ4n) is 2.92. The lowest BCUT2D eigenvalue weighted by Crippen LogP contribution is -2.45. The van der Waals surface area contributed by atoms with Gasteiger partial charge in [-0.3, -0.25) is 0 Å². The Morgan fingerprint density at radius 3 is 2.33 bits per heavy atom. The molecule has 2 heteroatoms. The highest BCUT2D eigenvalue weighted by molar-refractivity contribution is 6.31. The number of rotatable bonds is 3. The molecule has 1 aromatic carbocycles. The molecule has 0 unspecified atom stereocenters. The molecule has 0 spiro atoms. The van der Waals surface area contributed by atoms with Gasteiger partial charge in [0, 0.05) is 22.5 Å². The standard InChI is InChI=1S/C16H24ClN/c1-15(2,3)18-12-16(10-6-7-11-16)13-8-4-5-9-14(13)17/h4-5,8-9,18H,6-7,10-12H2,1-3H3. The highest BCUT2D eigenvalue weighted by Crippen LogP contribution is 2.43. The minimum absolute atomic E-state index is 0.164. The third-order valence-corrected chi connectivity index (χ3v) is 4.29. The predicted molar refractivity (Wildman–Crippen MR) is 79.4 cm³/mol. The summed E-state index contributed by atoms with van der Waals surface area (Å²) in [6.07, 6.45) is 5.13. The number of hydrogen-bond donors (Lipinski definition) is 1. The molecule has 100 valence electrons. The van der Waals surface area contributed by atoms with Gasteiger partial charge >= 0.3 is 0 Å².